The van der Waals surface area contributed by atoms with Crippen LogP contribution in [0.15, 0.2) is 48.5 Å². The minimum Gasteiger partial charge on any atom is -0.354 e. The van der Waals surface area contributed by atoms with Crippen LogP contribution in [0.5, 0.6) is 0 Å². The zero-order valence-corrected chi connectivity index (χ0v) is 20.7. The highest BCUT2D eigenvalue weighted by Gasteiger charge is 2.28. The van der Waals surface area contributed by atoms with E-state index in [-0.39, 0.29) is 17.2 Å². The monoisotopic (exact) mass is 436 g/mol. The summed E-state index contributed by atoms with van der Waals surface area (Å²) in [6.45, 7) is 13.7. The molecule has 0 aliphatic rings. The summed E-state index contributed by atoms with van der Waals surface area (Å²) < 4.78 is 0. The molecule has 174 valence electrons. The molecule has 0 aromatic heterocycles. The fourth-order valence-corrected chi connectivity index (χ4v) is 3.74. The molecule has 0 bridgehead atoms. The van der Waals surface area contributed by atoms with E-state index in [2.05, 4.69) is 50.4 Å². The summed E-state index contributed by atoms with van der Waals surface area (Å²) in [5.74, 6) is -0.0479. The number of hydrogen-bond acceptors (Lipinski definition) is 2. The second-order valence-corrected chi connectivity index (χ2v) is 9.67. The van der Waals surface area contributed by atoms with Crippen LogP contribution < -0.4 is 5.32 Å². The van der Waals surface area contributed by atoms with E-state index in [1.54, 1.807) is 4.90 Å². The highest BCUT2D eigenvalue weighted by molar-refractivity contribution is 5.87. The number of aryl methyl sites for hydroxylation is 2. The van der Waals surface area contributed by atoms with Gasteiger partial charge in [0.2, 0.25) is 11.8 Å². The molecule has 2 rings (SSSR count). The molecule has 0 aliphatic carbocycles. The molecule has 0 aliphatic heterocycles. The molecule has 0 radical (unpaired) electrons. The van der Waals surface area contributed by atoms with Gasteiger partial charge < -0.3 is 10.2 Å². The summed E-state index contributed by atoms with van der Waals surface area (Å²) in [5, 5.41) is 2.97. The molecule has 4 nitrogen and oxygen atoms in total. The highest BCUT2D eigenvalue weighted by atomic mass is 16.2. The molecule has 0 heterocycles. The first-order chi connectivity index (χ1) is 15.2. The Morgan fingerprint density at radius 1 is 0.938 bits per heavy atom. The molecule has 32 heavy (non-hydrogen) atoms. The number of rotatable bonds is 10. The quantitative estimate of drug-likeness (QED) is 0.530. The van der Waals surface area contributed by atoms with Crippen molar-refractivity contribution in [3.05, 3.63) is 70.8 Å². The SMILES string of the molecule is CCCNC(=O)[C@H](CC)N(Cc1ccc(C)cc1)C(=O)CCc1ccc(C(C)(C)C)cc1. The minimum atomic E-state index is -0.460. The molecular weight excluding hydrogens is 396 g/mol. The maximum atomic E-state index is 13.3. The van der Waals surface area contributed by atoms with Gasteiger partial charge in [-0.1, -0.05) is 88.7 Å². The fraction of sp³-hybridized carbons (Fsp3) is 0.500. The molecule has 2 aromatic carbocycles. The van der Waals surface area contributed by atoms with E-state index in [1.165, 1.54) is 11.1 Å². The Labute approximate surface area is 194 Å². The van der Waals surface area contributed by atoms with Gasteiger partial charge in [-0.15, -0.1) is 0 Å². The summed E-state index contributed by atoms with van der Waals surface area (Å²) in [5.41, 5.74) is 4.76. The van der Waals surface area contributed by atoms with Crippen LogP contribution in [0, 0.1) is 6.92 Å². The van der Waals surface area contributed by atoms with Crippen LogP contribution in [-0.2, 0) is 28.0 Å². The van der Waals surface area contributed by atoms with E-state index in [4.69, 9.17) is 0 Å². The average Bonchev–Trinajstić information content (AvgIpc) is 2.76. The predicted octanol–water partition coefficient (Wildman–Crippen LogP) is 5.56. The number of amides is 2. The summed E-state index contributed by atoms with van der Waals surface area (Å²) in [4.78, 5) is 27.9. The summed E-state index contributed by atoms with van der Waals surface area (Å²) >= 11 is 0. The van der Waals surface area contributed by atoms with Crippen molar-refractivity contribution in [2.24, 2.45) is 0 Å². The van der Waals surface area contributed by atoms with E-state index in [0.29, 0.717) is 32.4 Å². The maximum Gasteiger partial charge on any atom is 0.242 e. The molecule has 2 aromatic rings. The van der Waals surface area contributed by atoms with Crippen LogP contribution in [0.1, 0.15) is 76.1 Å². The van der Waals surface area contributed by atoms with Crippen molar-refractivity contribution in [3.8, 4) is 0 Å². The Kier molecular flexibility index (Phi) is 9.49. The summed E-state index contributed by atoms with van der Waals surface area (Å²) in [6, 6.07) is 16.2. The number of nitrogens with one attached hydrogen (secondary N) is 1. The minimum absolute atomic E-state index is 0.0176. The standard InChI is InChI=1S/C28H40N2O2/c1-7-19-29-27(32)25(8-2)30(20-23-11-9-21(3)10-12-23)26(31)18-15-22-13-16-24(17-14-22)28(4,5)6/h9-14,16-17,25H,7-8,15,18-20H2,1-6H3,(H,29,32)/t25-/m0/s1. The lowest BCUT2D eigenvalue weighted by Crippen LogP contribution is -2.49. The van der Waals surface area contributed by atoms with Crippen molar-refractivity contribution in [1.29, 1.82) is 0 Å². The molecule has 0 saturated heterocycles. The van der Waals surface area contributed by atoms with E-state index in [0.717, 1.165) is 17.5 Å². The molecule has 0 saturated carbocycles. The van der Waals surface area contributed by atoms with E-state index < -0.39 is 6.04 Å². The third-order valence-corrected chi connectivity index (χ3v) is 5.86. The molecule has 2 amide bonds. The van der Waals surface area contributed by atoms with Gasteiger partial charge in [0, 0.05) is 19.5 Å². The lowest BCUT2D eigenvalue weighted by atomic mass is 9.86. The highest BCUT2D eigenvalue weighted by Crippen LogP contribution is 2.23. The van der Waals surface area contributed by atoms with Crippen LogP contribution in [-0.4, -0.2) is 29.3 Å². The molecule has 4 heteroatoms. The van der Waals surface area contributed by atoms with Crippen molar-refractivity contribution < 1.29 is 9.59 Å². The molecule has 1 atom stereocenters. The van der Waals surface area contributed by atoms with Crippen molar-refractivity contribution in [2.45, 2.75) is 85.2 Å². The van der Waals surface area contributed by atoms with E-state index >= 15 is 0 Å². The third-order valence-electron chi connectivity index (χ3n) is 5.86. The summed E-state index contributed by atoms with van der Waals surface area (Å²) in [7, 11) is 0. The van der Waals surface area contributed by atoms with Gasteiger partial charge in [0.15, 0.2) is 0 Å². The summed E-state index contributed by atoms with van der Waals surface area (Å²) in [6.07, 6.45) is 2.52. The number of carbonyl (C=O) groups excluding carboxylic acids is 2. The lowest BCUT2D eigenvalue weighted by Gasteiger charge is -2.31. The van der Waals surface area contributed by atoms with E-state index in [9.17, 15) is 9.59 Å². The van der Waals surface area contributed by atoms with Crippen molar-refractivity contribution >= 4 is 11.8 Å². The lowest BCUT2D eigenvalue weighted by molar-refractivity contribution is -0.141. The van der Waals surface area contributed by atoms with Crippen LogP contribution in [0.2, 0.25) is 0 Å². The normalized spacial score (nSPS) is 12.3. The van der Waals surface area contributed by atoms with Gasteiger partial charge in [0.1, 0.15) is 6.04 Å². The number of carbonyl (C=O) groups is 2. The molecule has 0 fully saturated rings. The number of benzene rings is 2. The third kappa shape index (κ3) is 7.51. The molecular formula is C28H40N2O2. The largest absolute Gasteiger partial charge is 0.354 e. The second kappa shape index (κ2) is 11.8. The van der Waals surface area contributed by atoms with Gasteiger partial charge in [-0.25, -0.2) is 0 Å². The Bertz CT molecular complexity index is 864. The Balaban J connectivity index is 2.16. The van der Waals surface area contributed by atoms with Gasteiger partial charge in [-0.05, 0) is 48.3 Å². The van der Waals surface area contributed by atoms with Crippen LogP contribution >= 0.6 is 0 Å². The number of hydrogen-bond donors (Lipinski definition) is 1. The molecule has 0 spiro atoms. The first kappa shape index (κ1) is 25.6. The number of nitrogens with zero attached hydrogens (tertiary/aromatic N) is 1. The molecule has 1 N–H and O–H groups in total. The van der Waals surface area contributed by atoms with Crippen molar-refractivity contribution in [2.75, 3.05) is 6.54 Å². The first-order valence-corrected chi connectivity index (χ1v) is 11.9. The second-order valence-electron chi connectivity index (χ2n) is 9.67. The van der Waals surface area contributed by atoms with Gasteiger partial charge in [-0.2, -0.15) is 0 Å². The predicted molar refractivity (Wildman–Crippen MR) is 133 cm³/mol. The van der Waals surface area contributed by atoms with E-state index in [1.807, 2.05) is 45.0 Å². The van der Waals surface area contributed by atoms with Crippen LogP contribution in [0.4, 0.5) is 0 Å². The zero-order valence-electron chi connectivity index (χ0n) is 20.7. The van der Waals surface area contributed by atoms with Gasteiger partial charge in [-0.3, -0.25) is 9.59 Å². The van der Waals surface area contributed by atoms with Crippen LogP contribution in [0.3, 0.4) is 0 Å². The van der Waals surface area contributed by atoms with Crippen molar-refractivity contribution in [3.63, 3.8) is 0 Å². The van der Waals surface area contributed by atoms with Gasteiger partial charge >= 0.3 is 0 Å². The topological polar surface area (TPSA) is 49.4 Å². The Morgan fingerprint density at radius 3 is 2.06 bits per heavy atom. The maximum absolute atomic E-state index is 13.3. The van der Waals surface area contributed by atoms with Crippen molar-refractivity contribution in [1.82, 2.24) is 10.2 Å². The first-order valence-electron chi connectivity index (χ1n) is 11.9. The van der Waals surface area contributed by atoms with Gasteiger partial charge in [0.25, 0.3) is 0 Å². The zero-order chi connectivity index (χ0) is 23.7. The Morgan fingerprint density at radius 2 is 1.53 bits per heavy atom. The van der Waals surface area contributed by atoms with Gasteiger partial charge in [0.05, 0.1) is 0 Å². The Hall–Kier alpha value is -2.62. The smallest absolute Gasteiger partial charge is 0.242 e. The van der Waals surface area contributed by atoms with Crippen LogP contribution in [0.25, 0.3) is 0 Å². The average molecular weight is 437 g/mol. The fourth-order valence-electron chi connectivity index (χ4n) is 3.74. The molecule has 0 unspecified atom stereocenters.